The van der Waals surface area contributed by atoms with E-state index >= 15 is 0 Å². The molecule has 0 aliphatic rings. The number of rotatable bonds is 5. The van der Waals surface area contributed by atoms with Crippen LogP contribution in [0.1, 0.15) is 16.7 Å². The fourth-order valence-electron chi connectivity index (χ4n) is 3.25. The second kappa shape index (κ2) is 8.85. The third-order valence-corrected chi connectivity index (χ3v) is 4.87. The summed E-state index contributed by atoms with van der Waals surface area (Å²) in [6.07, 6.45) is -8.10. The number of aromatic nitrogens is 5. The fraction of sp³-hybridized carbons (Fsp3) is 0.190. The van der Waals surface area contributed by atoms with Crippen molar-refractivity contribution in [2.24, 2.45) is 0 Å². The first-order chi connectivity index (χ1) is 16.4. The number of nitrogens with one attached hydrogen (secondary N) is 1. The lowest BCUT2D eigenvalue weighted by atomic mass is 10.1. The van der Waals surface area contributed by atoms with Gasteiger partial charge in [0.2, 0.25) is 5.91 Å². The molecule has 1 N–H and O–H groups in total. The second-order valence-electron chi connectivity index (χ2n) is 7.42. The molecule has 0 unspecified atom stereocenters. The van der Waals surface area contributed by atoms with Crippen molar-refractivity contribution in [3.63, 3.8) is 0 Å². The monoisotopic (exact) mass is 496 g/mol. The average molecular weight is 496 g/mol. The molecule has 2 aromatic heterocycles. The van der Waals surface area contributed by atoms with Gasteiger partial charge < -0.3 is 5.32 Å². The van der Waals surface area contributed by atoms with Gasteiger partial charge in [0.1, 0.15) is 12.9 Å². The summed E-state index contributed by atoms with van der Waals surface area (Å²) in [6.45, 7) is -0.717. The minimum atomic E-state index is -4.59. The molecule has 0 aliphatic carbocycles. The lowest BCUT2D eigenvalue weighted by molar-refractivity contribution is -0.138. The van der Waals surface area contributed by atoms with Crippen LogP contribution in [-0.4, -0.2) is 30.5 Å². The maximum absolute atomic E-state index is 12.9. The number of anilines is 1. The molecule has 35 heavy (non-hydrogen) atoms. The molecule has 182 valence electrons. The maximum atomic E-state index is 12.9. The van der Waals surface area contributed by atoms with Gasteiger partial charge in [0.05, 0.1) is 17.7 Å². The van der Waals surface area contributed by atoms with Crippen LogP contribution in [0.4, 0.5) is 32.0 Å². The summed E-state index contributed by atoms with van der Waals surface area (Å²) in [5.41, 5.74) is -2.66. The minimum Gasteiger partial charge on any atom is -0.325 e. The van der Waals surface area contributed by atoms with Gasteiger partial charge in [0, 0.05) is 5.69 Å². The summed E-state index contributed by atoms with van der Waals surface area (Å²) in [6, 6.07) is 8.53. The minimum absolute atomic E-state index is 0.0121. The number of benzene rings is 2. The summed E-state index contributed by atoms with van der Waals surface area (Å²) in [5, 5.41) is 9.75. The number of carbonyl (C=O) groups excluding carboxylic acids is 1. The predicted octanol–water partition coefficient (Wildman–Crippen LogP) is 3.71. The summed E-state index contributed by atoms with van der Waals surface area (Å²) < 4.78 is 79.3. The number of amides is 1. The Morgan fingerprint density at radius 3 is 2.29 bits per heavy atom. The van der Waals surface area contributed by atoms with Gasteiger partial charge in [-0.25, -0.2) is 9.67 Å². The summed E-state index contributed by atoms with van der Waals surface area (Å²) in [4.78, 5) is 29.0. The molecule has 2 heterocycles. The number of carbonyl (C=O) groups is 1. The van der Waals surface area contributed by atoms with E-state index in [2.05, 4.69) is 20.6 Å². The van der Waals surface area contributed by atoms with Crippen LogP contribution in [0.15, 0.2) is 59.7 Å². The van der Waals surface area contributed by atoms with Crippen molar-refractivity contribution in [1.29, 1.82) is 0 Å². The molecule has 0 bridgehead atoms. The lowest BCUT2D eigenvalue weighted by Gasteiger charge is -2.10. The third kappa shape index (κ3) is 5.31. The van der Waals surface area contributed by atoms with Crippen LogP contribution in [0.25, 0.3) is 11.2 Å². The smallest absolute Gasteiger partial charge is 0.325 e. The van der Waals surface area contributed by atoms with Crippen LogP contribution in [-0.2, 0) is 30.2 Å². The first kappa shape index (κ1) is 23.9. The molecule has 14 heteroatoms. The van der Waals surface area contributed by atoms with Crippen molar-refractivity contribution >= 4 is 22.8 Å². The third-order valence-electron chi connectivity index (χ3n) is 4.87. The topological polar surface area (TPSA) is 94.7 Å². The van der Waals surface area contributed by atoms with Gasteiger partial charge in [0.25, 0.3) is 5.56 Å². The number of halogens is 6. The lowest BCUT2D eigenvalue weighted by Crippen LogP contribution is -2.28. The van der Waals surface area contributed by atoms with Crippen LogP contribution >= 0.6 is 0 Å². The van der Waals surface area contributed by atoms with E-state index in [-0.39, 0.29) is 29.0 Å². The van der Waals surface area contributed by atoms with Gasteiger partial charge in [0.15, 0.2) is 11.2 Å². The van der Waals surface area contributed by atoms with Gasteiger partial charge in [-0.05, 0) is 35.9 Å². The van der Waals surface area contributed by atoms with Crippen molar-refractivity contribution in [3.8, 4) is 0 Å². The van der Waals surface area contributed by atoms with E-state index < -0.39 is 41.5 Å². The molecule has 0 fully saturated rings. The zero-order valence-electron chi connectivity index (χ0n) is 17.4. The van der Waals surface area contributed by atoms with E-state index in [9.17, 15) is 35.9 Å². The Hall–Kier alpha value is -4.23. The Kier molecular flexibility index (Phi) is 6.05. The van der Waals surface area contributed by atoms with Crippen LogP contribution in [0, 0.1) is 0 Å². The summed E-state index contributed by atoms with van der Waals surface area (Å²) >= 11 is 0. The highest BCUT2D eigenvalue weighted by Gasteiger charge is 2.31. The number of alkyl halides is 6. The Morgan fingerprint density at radius 1 is 0.943 bits per heavy atom. The van der Waals surface area contributed by atoms with Crippen LogP contribution in [0.3, 0.4) is 0 Å². The molecular weight excluding hydrogens is 482 g/mol. The van der Waals surface area contributed by atoms with E-state index in [0.29, 0.717) is 0 Å². The van der Waals surface area contributed by atoms with Gasteiger partial charge in [-0.15, -0.1) is 5.10 Å². The van der Waals surface area contributed by atoms with E-state index in [1.165, 1.54) is 18.2 Å². The van der Waals surface area contributed by atoms with Crippen LogP contribution in [0.2, 0.25) is 0 Å². The SMILES string of the molecule is O=C(Cn1cnc2c(nnn2Cc2cccc(C(F)(F)F)c2)c1=O)Nc1cccc(C(F)(F)F)c1. The Bertz CT molecular complexity index is 1460. The molecule has 4 rings (SSSR count). The van der Waals surface area contributed by atoms with Crippen molar-refractivity contribution in [2.45, 2.75) is 25.4 Å². The first-order valence-corrected chi connectivity index (χ1v) is 9.84. The van der Waals surface area contributed by atoms with E-state index in [1.54, 1.807) is 0 Å². The van der Waals surface area contributed by atoms with Crippen LogP contribution < -0.4 is 10.9 Å². The van der Waals surface area contributed by atoms with E-state index in [0.717, 1.165) is 45.9 Å². The maximum Gasteiger partial charge on any atom is 0.416 e. The molecule has 1 amide bonds. The van der Waals surface area contributed by atoms with Gasteiger partial charge >= 0.3 is 12.4 Å². The van der Waals surface area contributed by atoms with Crippen molar-refractivity contribution < 1.29 is 31.1 Å². The molecule has 2 aromatic carbocycles. The summed E-state index contributed by atoms with van der Waals surface area (Å²) in [7, 11) is 0. The predicted molar refractivity (Wildman–Crippen MR) is 110 cm³/mol. The van der Waals surface area contributed by atoms with Crippen molar-refractivity contribution in [3.05, 3.63) is 81.9 Å². The fourth-order valence-corrected chi connectivity index (χ4v) is 3.25. The normalized spacial score (nSPS) is 12.2. The molecule has 0 spiro atoms. The first-order valence-electron chi connectivity index (χ1n) is 9.84. The van der Waals surface area contributed by atoms with Gasteiger partial charge in [-0.2, -0.15) is 26.3 Å². The van der Waals surface area contributed by atoms with Crippen molar-refractivity contribution in [2.75, 3.05) is 5.32 Å². The van der Waals surface area contributed by atoms with Crippen molar-refractivity contribution in [1.82, 2.24) is 24.5 Å². The second-order valence-corrected chi connectivity index (χ2v) is 7.42. The molecule has 0 radical (unpaired) electrons. The highest BCUT2D eigenvalue weighted by atomic mass is 19.4. The van der Waals surface area contributed by atoms with E-state index in [4.69, 9.17) is 0 Å². The highest BCUT2D eigenvalue weighted by molar-refractivity contribution is 5.90. The van der Waals surface area contributed by atoms with E-state index in [1.807, 2.05) is 0 Å². The standard InChI is InChI=1S/C21H14F6N6O2/c22-20(23,24)13-4-1-3-12(7-13)9-33-18-17(30-31-33)19(35)32(11-28-18)10-16(34)29-15-6-2-5-14(8-15)21(25,26)27/h1-8,11H,9-10H2,(H,29,34). The van der Waals surface area contributed by atoms with Crippen LogP contribution in [0.5, 0.6) is 0 Å². The molecular formula is C21H14F6N6O2. The Morgan fingerprint density at radius 2 is 1.60 bits per heavy atom. The number of fused-ring (bicyclic) bond motifs is 1. The Labute approximate surface area is 191 Å². The highest BCUT2D eigenvalue weighted by Crippen LogP contribution is 2.31. The number of hydrogen-bond acceptors (Lipinski definition) is 5. The Balaban J connectivity index is 1.52. The number of hydrogen-bond donors (Lipinski definition) is 1. The molecule has 0 aliphatic heterocycles. The zero-order valence-corrected chi connectivity index (χ0v) is 17.4. The zero-order chi connectivity index (χ0) is 25.4. The number of nitrogens with zero attached hydrogens (tertiary/aromatic N) is 5. The average Bonchev–Trinajstić information content (AvgIpc) is 3.18. The molecule has 0 saturated heterocycles. The van der Waals surface area contributed by atoms with Gasteiger partial charge in [-0.1, -0.05) is 23.4 Å². The summed E-state index contributed by atoms with van der Waals surface area (Å²) in [5.74, 6) is -0.788. The quantitative estimate of drug-likeness (QED) is 0.425. The molecule has 0 atom stereocenters. The van der Waals surface area contributed by atoms with Gasteiger partial charge in [-0.3, -0.25) is 14.2 Å². The molecule has 8 nitrogen and oxygen atoms in total. The molecule has 4 aromatic rings. The largest absolute Gasteiger partial charge is 0.416 e. The molecule has 0 saturated carbocycles.